The number of anilines is 3. The maximum atomic E-state index is 10.8. The predicted molar refractivity (Wildman–Crippen MR) is 171 cm³/mol. The molecule has 2 aliphatic rings. The summed E-state index contributed by atoms with van der Waals surface area (Å²) in [4.78, 5) is 17.9. The Morgan fingerprint density at radius 3 is 2.45 bits per heavy atom. The van der Waals surface area contributed by atoms with Crippen molar-refractivity contribution >= 4 is 44.4 Å². The van der Waals surface area contributed by atoms with Crippen LogP contribution >= 0.6 is 0 Å². The molecule has 42 heavy (non-hydrogen) atoms. The minimum atomic E-state index is 0. The smallest absolute Gasteiger partial charge is 0.151 e. The number of pyridine rings is 1. The van der Waals surface area contributed by atoms with Crippen LogP contribution in [0.25, 0.3) is 38.1 Å². The topological polar surface area (TPSA) is 47.3 Å². The molecule has 2 heterocycles. The van der Waals surface area contributed by atoms with E-state index in [4.69, 9.17) is 4.98 Å². The fraction of sp³-hybridized carbons (Fsp3) is 0.243. The van der Waals surface area contributed by atoms with Crippen molar-refractivity contribution in [1.82, 2.24) is 4.98 Å². The molecule has 5 aromatic rings. The Morgan fingerprint density at radius 2 is 1.69 bits per heavy atom. The maximum Gasteiger partial charge on any atom is 0.151 e. The third-order valence-electron chi connectivity index (χ3n) is 7.90. The molecule has 1 saturated carbocycles. The van der Waals surface area contributed by atoms with Crippen molar-refractivity contribution < 1.29 is 24.9 Å². The van der Waals surface area contributed by atoms with E-state index in [2.05, 4.69) is 102 Å². The van der Waals surface area contributed by atoms with Gasteiger partial charge in [-0.1, -0.05) is 98.3 Å². The van der Waals surface area contributed by atoms with Gasteiger partial charge in [-0.3, -0.25) is 4.79 Å². The third kappa shape index (κ3) is 6.04. The SMILES string of the molecule is CC(=O)/C=C(/C)[N-]C1CCCCC1.Cc1cc2c3c(nccc3c1)-c1[c-]cc3ccccc3c1N2c1ccccc1.[Ir]. The van der Waals surface area contributed by atoms with Gasteiger partial charge in [0.25, 0.3) is 0 Å². The molecule has 1 fully saturated rings. The van der Waals surface area contributed by atoms with Crippen molar-refractivity contribution in [2.45, 2.75) is 58.9 Å². The van der Waals surface area contributed by atoms with E-state index in [-0.39, 0.29) is 25.9 Å². The van der Waals surface area contributed by atoms with Gasteiger partial charge >= 0.3 is 0 Å². The van der Waals surface area contributed by atoms with E-state index in [0.717, 1.165) is 28.3 Å². The van der Waals surface area contributed by atoms with E-state index in [1.165, 1.54) is 64.9 Å². The summed E-state index contributed by atoms with van der Waals surface area (Å²) in [7, 11) is 0. The van der Waals surface area contributed by atoms with E-state index >= 15 is 0 Å². The molecule has 4 aromatic carbocycles. The molecule has 1 radical (unpaired) electrons. The van der Waals surface area contributed by atoms with Crippen molar-refractivity contribution in [2.75, 3.05) is 4.90 Å². The number of para-hydroxylation sites is 1. The number of nitrogens with zero attached hydrogens (tertiary/aromatic N) is 3. The number of fused-ring (bicyclic) bond motifs is 4. The molecule has 7 rings (SSSR count). The van der Waals surface area contributed by atoms with Crippen LogP contribution in [-0.2, 0) is 24.9 Å². The second kappa shape index (κ2) is 13.0. The molecule has 5 heteroatoms. The number of hydrogen-bond acceptors (Lipinski definition) is 3. The minimum Gasteiger partial charge on any atom is -0.685 e. The average molecular weight is 730 g/mol. The van der Waals surface area contributed by atoms with E-state index in [1.54, 1.807) is 13.0 Å². The van der Waals surface area contributed by atoms with Crippen LogP contribution in [0.5, 0.6) is 0 Å². The molecule has 215 valence electrons. The standard InChI is InChI=1S/C26H17N2.C11H19NO.Ir/c1-17-15-19-13-14-27-25-22-12-11-18-7-5-6-10-21(18)26(22)28(23(16-17)24(19)25)20-8-3-2-4-9-20;1-9(8-10(2)13)12-11-6-4-3-5-7-11;/h2-11,13-16H,1H3;8,11H,3-7H2,1-2H3,(H,12,13);/q-1;;/p-1. The molecular formula is C37H35IrN3O-2. The van der Waals surface area contributed by atoms with Gasteiger partial charge in [0.2, 0.25) is 0 Å². The fourth-order valence-corrected chi connectivity index (χ4v) is 6.21. The predicted octanol–water partition coefficient (Wildman–Crippen LogP) is 10.1. The van der Waals surface area contributed by atoms with E-state index in [1.807, 2.05) is 13.1 Å². The molecule has 0 saturated heterocycles. The monoisotopic (exact) mass is 730 g/mol. The number of aryl methyl sites for hydroxylation is 1. The van der Waals surface area contributed by atoms with Crippen molar-refractivity contribution in [1.29, 1.82) is 0 Å². The summed E-state index contributed by atoms with van der Waals surface area (Å²) in [5, 5.41) is 9.32. The number of benzene rings is 4. The zero-order valence-electron chi connectivity index (χ0n) is 24.4. The second-order valence-electron chi connectivity index (χ2n) is 11.1. The summed E-state index contributed by atoms with van der Waals surface area (Å²) in [6, 6.07) is 31.8. The first-order valence-electron chi connectivity index (χ1n) is 14.6. The quantitative estimate of drug-likeness (QED) is 0.134. The minimum absolute atomic E-state index is 0. The first-order valence-corrected chi connectivity index (χ1v) is 14.6. The van der Waals surface area contributed by atoms with Gasteiger partial charge in [-0.2, -0.15) is 5.70 Å². The second-order valence-corrected chi connectivity index (χ2v) is 11.1. The summed E-state index contributed by atoms with van der Waals surface area (Å²) in [6.45, 7) is 5.64. The molecule has 0 N–H and O–H groups in total. The molecule has 1 aliphatic carbocycles. The zero-order valence-corrected chi connectivity index (χ0v) is 26.8. The number of rotatable bonds is 4. The first-order chi connectivity index (χ1) is 20.0. The average Bonchev–Trinajstić information content (AvgIpc) is 2.98. The zero-order chi connectivity index (χ0) is 28.3. The Morgan fingerprint density at radius 1 is 0.952 bits per heavy atom. The van der Waals surface area contributed by atoms with Crippen LogP contribution in [0, 0.1) is 13.0 Å². The van der Waals surface area contributed by atoms with Crippen LogP contribution in [-0.4, -0.2) is 16.8 Å². The molecule has 1 aromatic heterocycles. The summed E-state index contributed by atoms with van der Waals surface area (Å²) >= 11 is 0. The Hall–Kier alpha value is -3.79. The van der Waals surface area contributed by atoms with Crippen molar-refractivity contribution in [3.8, 4) is 11.3 Å². The van der Waals surface area contributed by atoms with Crippen molar-refractivity contribution in [3.63, 3.8) is 0 Å². The van der Waals surface area contributed by atoms with Gasteiger partial charge in [0, 0.05) is 37.7 Å². The first kappa shape index (κ1) is 29.7. The van der Waals surface area contributed by atoms with E-state index in [0.29, 0.717) is 6.04 Å². The Labute approximate surface area is 262 Å². The molecule has 0 amide bonds. The van der Waals surface area contributed by atoms with Crippen LogP contribution in [0.2, 0.25) is 0 Å². The molecule has 4 nitrogen and oxygen atoms in total. The van der Waals surface area contributed by atoms with Gasteiger partial charge in [0.15, 0.2) is 5.78 Å². The van der Waals surface area contributed by atoms with Crippen LogP contribution in [0.4, 0.5) is 17.1 Å². The number of aromatic nitrogens is 1. The normalized spacial score (nSPS) is 14.5. The van der Waals surface area contributed by atoms with Gasteiger partial charge in [-0.05, 0) is 71.9 Å². The number of carbonyl (C=O) groups excluding carboxylic acids is 1. The Balaban J connectivity index is 0.000000215. The van der Waals surface area contributed by atoms with Crippen LogP contribution in [0.15, 0.2) is 96.8 Å². The third-order valence-corrected chi connectivity index (χ3v) is 7.90. The summed E-state index contributed by atoms with van der Waals surface area (Å²) in [6.07, 6.45) is 9.86. The van der Waals surface area contributed by atoms with Crippen molar-refractivity contribution in [3.05, 3.63) is 114 Å². The summed E-state index contributed by atoms with van der Waals surface area (Å²) < 4.78 is 0. The number of hydrogen-bond donors (Lipinski definition) is 0. The Bertz CT molecular complexity index is 1760. The van der Waals surface area contributed by atoms with Gasteiger partial charge in [-0.25, -0.2) is 0 Å². The molecule has 1 aliphatic heterocycles. The molecule has 0 unspecified atom stereocenters. The largest absolute Gasteiger partial charge is 0.685 e. The van der Waals surface area contributed by atoms with Crippen molar-refractivity contribution in [2.24, 2.45) is 0 Å². The number of allylic oxidation sites excluding steroid dienone is 2. The van der Waals surface area contributed by atoms with Crippen LogP contribution < -0.4 is 4.90 Å². The molecule has 0 atom stereocenters. The maximum absolute atomic E-state index is 10.8. The van der Waals surface area contributed by atoms with Gasteiger partial charge in [0.1, 0.15) is 0 Å². The number of carbonyl (C=O) groups is 1. The fourth-order valence-electron chi connectivity index (χ4n) is 6.21. The van der Waals surface area contributed by atoms with Crippen LogP contribution in [0.3, 0.4) is 0 Å². The van der Waals surface area contributed by atoms with E-state index < -0.39 is 0 Å². The van der Waals surface area contributed by atoms with E-state index in [9.17, 15) is 4.79 Å². The van der Waals surface area contributed by atoms with Gasteiger partial charge < -0.3 is 15.2 Å². The van der Waals surface area contributed by atoms with Gasteiger partial charge in [-0.15, -0.1) is 23.7 Å². The summed E-state index contributed by atoms with van der Waals surface area (Å²) in [5.74, 6) is 0.0945. The summed E-state index contributed by atoms with van der Waals surface area (Å²) in [5.41, 5.74) is 7.69. The van der Waals surface area contributed by atoms with Gasteiger partial charge in [0.05, 0.1) is 0 Å². The number of ketones is 1. The van der Waals surface area contributed by atoms with Crippen LogP contribution in [0.1, 0.15) is 51.5 Å². The Kier molecular flexibility index (Phi) is 9.21. The molecule has 0 spiro atoms. The molecular weight excluding hydrogens is 695 g/mol. The molecule has 0 bridgehead atoms.